The molecule has 26 heavy (non-hydrogen) atoms. The van der Waals surface area contributed by atoms with Crippen LogP contribution in [0.2, 0.25) is 0 Å². The Kier molecular flexibility index (Phi) is 5.23. The summed E-state index contributed by atoms with van der Waals surface area (Å²) in [6, 6.07) is 2.08. The van der Waals surface area contributed by atoms with Crippen LogP contribution in [0.5, 0.6) is 0 Å². The van der Waals surface area contributed by atoms with Crippen molar-refractivity contribution in [3.05, 3.63) is 23.4 Å². The number of anilines is 1. The zero-order chi connectivity index (χ0) is 18.9. The second kappa shape index (κ2) is 7.27. The number of amides is 1. The molecular formula is C20H29N3O3. The van der Waals surface area contributed by atoms with Crippen LogP contribution in [0.1, 0.15) is 57.6 Å². The molecule has 0 spiro atoms. The van der Waals surface area contributed by atoms with Gasteiger partial charge in [0.15, 0.2) is 5.58 Å². The van der Waals surface area contributed by atoms with Crippen molar-refractivity contribution in [2.45, 2.75) is 58.5 Å². The summed E-state index contributed by atoms with van der Waals surface area (Å²) in [5, 5.41) is 2.74. The number of pyridine rings is 1. The number of furan rings is 1. The molecule has 0 radical (unpaired) electrons. The first-order valence-corrected chi connectivity index (χ1v) is 9.36. The molecule has 6 nitrogen and oxygen atoms in total. The molecule has 0 aromatic carbocycles. The Bertz CT molecular complexity index is 783. The van der Waals surface area contributed by atoms with Crippen LogP contribution in [0.3, 0.4) is 0 Å². The number of hydrogen-bond donors (Lipinski definition) is 1. The van der Waals surface area contributed by atoms with Crippen molar-refractivity contribution >= 4 is 23.1 Å². The Morgan fingerprint density at radius 3 is 2.69 bits per heavy atom. The van der Waals surface area contributed by atoms with Gasteiger partial charge in [0.05, 0.1) is 0 Å². The molecule has 0 unspecified atom stereocenters. The van der Waals surface area contributed by atoms with E-state index in [0.717, 1.165) is 49.0 Å². The summed E-state index contributed by atoms with van der Waals surface area (Å²) in [6.45, 7) is 9.74. The number of nitrogens with zero attached hydrogens (tertiary/aromatic N) is 2. The van der Waals surface area contributed by atoms with Crippen molar-refractivity contribution in [3.63, 3.8) is 0 Å². The smallest absolute Gasteiger partial charge is 0.414 e. The number of ether oxygens (including phenoxy) is 1. The topological polar surface area (TPSA) is 67.6 Å². The molecule has 2 aromatic heterocycles. The quantitative estimate of drug-likeness (QED) is 0.871. The summed E-state index contributed by atoms with van der Waals surface area (Å²) in [4.78, 5) is 19.1. The van der Waals surface area contributed by atoms with Gasteiger partial charge < -0.3 is 14.1 Å². The predicted molar refractivity (Wildman–Crippen MR) is 103 cm³/mol. The molecule has 1 saturated heterocycles. The Balaban J connectivity index is 1.85. The normalized spacial score (nSPS) is 16.8. The van der Waals surface area contributed by atoms with Crippen LogP contribution in [0.25, 0.3) is 11.1 Å². The van der Waals surface area contributed by atoms with Crippen LogP contribution in [0.4, 0.5) is 10.7 Å². The summed E-state index contributed by atoms with van der Waals surface area (Å²) in [5.41, 5.74) is 3.10. The van der Waals surface area contributed by atoms with Gasteiger partial charge in [0.25, 0.3) is 0 Å². The lowest BCUT2D eigenvalue weighted by Gasteiger charge is -2.28. The van der Waals surface area contributed by atoms with Gasteiger partial charge in [-0.15, -0.1) is 0 Å². The lowest BCUT2D eigenvalue weighted by Crippen LogP contribution is -2.29. The maximum atomic E-state index is 12.1. The summed E-state index contributed by atoms with van der Waals surface area (Å²) in [5.74, 6) is 0.949. The number of aromatic nitrogens is 1. The van der Waals surface area contributed by atoms with E-state index in [9.17, 15) is 4.79 Å². The van der Waals surface area contributed by atoms with Crippen molar-refractivity contribution in [3.8, 4) is 0 Å². The van der Waals surface area contributed by atoms with Crippen LogP contribution in [-0.4, -0.2) is 41.7 Å². The average Bonchev–Trinajstić information content (AvgIpc) is 2.89. The Labute approximate surface area is 154 Å². The number of carbonyl (C=O) groups is 1. The maximum absolute atomic E-state index is 12.1. The van der Waals surface area contributed by atoms with Gasteiger partial charge in [0.2, 0.25) is 5.88 Å². The van der Waals surface area contributed by atoms with E-state index in [0.29, 0.717) is 11.8 Å². The molecule has 1 fully saturated rings. The molecule has 0 atom stereocenters. The van der Waals surface area contributed by atoms with Crippen LogP contribution in [-0.2, 0) is 11.2 Å². The van der Waals surface area contributed by atoms with E-state index in [-0.39, 0.29) is 0 Å². The number of fused-ring (bicyclic) bond motifs is 1. The molecule has 1 N–H and O–H groups in total. The molecule has 1 amide bonds. The third kappa shape index (κ3) is 4.18. The van der Waals surface area contributed by atoms with Gasteiger partial charge in [-0.1, -0.05) is 6.92 Å². The largest absolute Gasteiger partial charge is 0.444 e. The van der Waals surface area contributed by atoms with Crippen LogP contribution >= 0.6 is 0 Å². The van der Waals surface area contributed by atoms with E-state index in [4.69, 9.17) is 9.15 Å². The van der Waals surface area contributed by atoms with Crippen LogP contribution < -0.4 is 5.32 Å². The Morgan fingerprint density at radius 2 is 2.08 bits per heavy atom. The Hall–Kier alpha value is -2.08. The highest BCUT2D eigenvalue weighted by Gasteiger charge is 2.23. The fourth-order valence-electron chi connectivity index (χ4n) is 3.43. The van der Waals surface area contributed by atoms with Crippen molar-refractivity contribution < 1.29 is 13.9 Å². The molecule has 6 heteroatoms. The van der Waals surface area contributed by atoms with Crippen molar-refractivity contribution in [1.29, 1.82) is 0 Å². The summed E-state index contributed by atoms with van der Waals surface area (Å²) in [7, 11) is 2.16. The number of hydrogen-bond acceptors (Lipinski definition) is 5. The predicted octanol–water partition coefficient (Wildman–Crippen LogP) is 4.55. The van der Waals surface area contributed by atoms with Gasteiger partial charge in [-0.2, -0.15) is 0 Å². The summed E-state index contributed by atoms with van der Waals surface area (Å²) < 4.78 is 11.3. The molecule has 1 aliphatic heterocycles. The van der Waals surface area contributed by atoms with Gasteiger partial charge in [0, 0.05) is 11.8 Å². The lowest BCUT2D eigenvalue weighted by molar-refractivity contribution is 0.0632. The highest BCUT2D eigenvalue weighted by atomic mass is 16.6. The Morgan fingerprint density at radius 1 is 1.38 bits per heavy atom. The SMILES string of the molecule is CCc1c(NC(=O)OC(C)(C)C)oc2cc(C3CCN(C)CC3)cnc12. The molecule has 3 heterocycles. The number of rotatable bonds is 3. The summed E-state index contributed by atoms with van der Waals surface area (Å²) in [6.07, 6.45) is 4.44. The van der Waals surface area contributed by atoms with E-state index >= 15 is 0 Å². The number of nitrogens with one attached hydrogen (secondary N) is 1. The lowest BCUT2D eigenvalue weighted by atomic mass is 9.90. The number of piperidine rings is 1. The molecule has 0 saturated carbocycles. The van der Waals surface area contributed by atoms with Gasteiger partial charge in [-0.25, -0.2) is 4.79 Å². The minimum absolute atomic E-state index is 0.435. The van der Waals surface area contributed by atoms with Crippen molar-refractivity contribution in [1.82, 2.24) is 9.88 Å². The number of carbonyl (C=O) groups excluding carboxylic acids is 1. The minimum Gasteiger partial charge on any atom is -0.444 e. The zero-order valence-corrected chi connectivity index (χ0v) is 16.4. The molecule has 1 aliphatic rings. The third-order valence-electron chi connectivity index (χ3n) is 4.80. The number of aryl methyl sites for hydroxylation is 1. The van der Waals surface area contributed by atoms with Gasteiger partial charge in [0.1, 0.15) is 11.1 Å². The second-order valence-electron chi connectivity index (χ2n) is 8.08. The molecule has 0 bridgehead atoms. The molecule has 2 aromatic rings. The second-order valence-corrected chi connectivity index (χ2v) is 8.08. The molecular weight excluding hydrogens is 330 g/mol. The first kappa shape index (κ1) is 18.7. The summed E-state index contributed by atoms with van der Waals surface area (Å²) >= 11 is 0. The molecule has 3 rings (SSSR count). The van der Waals surface area contributed by atoms with Gasteiger partial charge in [-0.3, -0.25) is 10.3 Å². The van der Waals surface area contributed by atoms with E-state index in [1.54, 1.807) is 0 Å². The highest BCUT2D eigenvalue weighted by Crippen LogP contribution is 2.33. The first-order chi connectivity index (χ1) is 12.3. The van der Waals surface area contributed by atoms with E-state index in [1.165, 1.54) is 5.56 Å². The third-order valence-corrected chi connectivity index (χ3v) is 4.80. The fraction of sp³-hybridized carbons (Fsp3) is 0.600. The zero-order valence-electron chi connectivity index (χ0n) is 16.4. The van der Waals surface area contributed by atoms with Crippen LogP contribution in [0.15, 0.2) is 16.7 Å². The van der Waals surface area contributed by atoms with E-state index < -0.39 is 11.7 Å². The van der Waals surface area contributed by atoms with E-state index in [2.05, 4.69) is 28.3 Å². The van der Waals surface area contributed by atoms with Crippen LogP contribution in [0, 0.1) is 0 Å². The van der Waals surface area contributed by atoms with Gasteiger partial charge >= 0.3 is 6.09 Å². The molecule has 0 aliphatic carbocycles. The standard InChI is InChI=1S/C20H29N3O3/c1-6-15-17-16(25-18(15)22-19(24)26-20(2,3)4)11-14(12-21-17)13-7-9-23(5)10-8-13/h11-13H,6-10H2,1-5H3,(H,22,24). The van der Waals surface area contributed by atoms with Crippen molar-refractivity contribution in [2.75, 3.05) is 25.5 Å². The van der Waals surface area contributed by atoms with Crippen molar-refractivity contribution in [2.24, 2.45) is 0 Å². The number of likely N-dealkylation sites (tertiary alicyclic amines) is 1. The average molecular weight is 359 g/mol. The minimum atomic E-state index is -0.554. The molecule has 142 valence electrons. The maximum Gasteiger partial charge on any atom is 0.414 e. The first-order valence-electron chi connectivity index (χ1n) is 9.36. The highest BCUT2D eigenvalue weighted by molar-refractivity contribution is 5.90. The van der Waals surface area contributed by atoms with Gasteiger partial charge in [-0.05, 0) is 77.7 Å². The fourth-order valence-corrected chi connectivity index (χ4v) is 3.43. The van der Waals surface area contributed by atoms with E-state index in [1.807, 2.05) is 33.9 Å². The monoisotopic (exact) mass is 359 g/mol.